The first-order chi connectivity index (χ1) is 6.63. The van der Waals surface area contributed by atoms with Gasteiger partial charge in [0.15, 0.2) is 5.38 Å². The summed E-state index contributed by atoms with van der Waals surface area (Å²) in [4.78, 5) is 0. The van der Waals surface area contributed by atoms with Crippen molar-refractivity contribution in [1.82, 2.24) is 0 Å². The van der Waals surface area contributed by atoms with Crippen LogP contribution < -0.4 is 4.74 Å². The summed E-state index contributed by atoms with van der Waals surface area (Å²) in [7, 11) is 0. The number of hydrogen-bond donors (Lipinski definition) is 0. The Hall–Kier alpha value is -0.240. The summed E-state index contributed by atoms with van der Waals surface area (Å²) in [6.45, 7) is 0.179. The maximum Gasteiger partial charge on any atom is 0.154 e. The molecule has 0 saturated carbocycles. The minimum Gasteiger partial charge on any atom is -0.490 e. The maximum absolute atomic E-state index is 8.45. The lowest BCUT2D eigenvalue weighted by atomic mass is 10.3. The largest absolute Gasteiger partial charge is 0.490 e. The van der Waals surface area contributed by atoms with Crippen molar-refractivity contribution in [3.63, 3.8) is 0 Å². The molecule has 2 nitrogen and oxygen atoms in total. The van der Waals surface area contributed by atoms with Crippen LogP contribution in [0.5, 0.6) is 5.75 Å². The van der Waals surface area contributed by atoms with E-state index in [-0.39, 0.29) is 6.61 Å². The van der Waals surface area contributed by atoms with Crippen LogP contribution in [0.1, 0.15) is 0 Å². The van der Waals surface area contributed by atoms with Crippen LogP contribution >= 0.6 is 43.5 Å². The quantitative estimate of drug-likeness (QED) is 0.786. The third kappa shape index (κ3) is 3.49. The summed E-state index contributed by atoms with van der Waals surface area (Å²) in [5.74, 6) is 0.675. The third-order valence-corrected chi connectivity index (χ3v) is 2.76. The van der Waals surface area contributed by atoms with Gasteiger partial charge in [0.1, 0.15) is 12.4 Å². The van der Waals surface area contributed by atoms with E-state index in [0.717, 1.165) is 8.95 Å². The van der Waals surface area contributed by atoms with Crippen molar-refractivity contribution in [3.05, 3.63) is 27.1 Å². The Bertz CT molecular complexity index is 364. The molecule has 0 heterocycles. The van der Waals surface area contributed by atoms with E-state index >= 15 is 0 Å². The second-order valence-corrected chi connectivity index (χ2v) is 4.78. The van der Waals surface area contributed by atoms with Crippen LogP contribution in [0.15, 0.2) is 27.1 Å². The van der Waals surface area contributed by atoms with Gasteiger partial charge < -0.3 is 4.74 Å². The highest BCUT2D eigenvalue weighted by Crippen LogP contribution is 2.28. The molecule has 0 aromatic heterocycles. The molecular weight excluding hydrogens is 333 g/mol. The first kappa shape index (κ1) is 11.8. The fourth-order valence-corrected chi connectivity index (χ4v) is 2.02. The van der Waals surface area contributed by atoms with Gasteiger partial charge in [0, 0.05) is 4.47 Å². The Morgan fingerprint density at radius 3 is 2.79 bits per heavy atom. The number of hydrogen-bond acceptors (Lipinski definition) is 2. The fourth-order valence-electron chi connectivity index (χ4n) is 0.792. The molecule has 1 rings (SSSR count). The lowest BCUT2D eigenvalue weighted by molar-refractivity contribution is 0.327. The van der Waals surface area contributed by atoms with Gasteiger partial charge in [-0.15, -0.1) is 11.6 Å². The van der Waals surface area contributed by atoms with Gasteiger partial charge in [-0.25, -0.2) is 0 Å². The summed E-state index contributed by atoms with van der Waals surface area (Å²) in [5.41, 5.74) is 0. The number of alkyl halides is 1. The molecule has 1 unspecified atom stereocenters. The average molecular weight is 339 g/mol. The second-order valence-electron chi connectivity index (χ2n) is 2.48. The molecular formula is C9H6Br2ClNO. The predicted octanol–water partition coefficient (Wildman–Crippen LogP) is 3.72. The monoisotopic (exact) mass is 337 g/mol. The number of rotatable bonds is 3. The molecule has 1 aromatic carbocycles. The SMILES string of the molecule is N#CC(Cl)COc1ccc(Br)cc1Br. The molecule has 74 valence electrons. The zero-order valence-electron chi connectivity index (χ0n) is 7.01. The van der Waals surface area contributed by atoms with Gasteiger partial charge in [-0.05, 0) is 34.1 Å². The van der Waals surface area contributed by atoms with Crippen molar-refractivity contribution in [1.29, 1.82) is 5.26 Å². The highest BCUT2D eigenvalue weighted by Gasteiger charge is 2.05. The molecule has 0 aliphatic rings. The van der Waals surface area contributed by atoms with E-state index in [2.05, 4.69) is 31.9 Å². The molecule has 0 aliphatic carbocycles. The third-order valence-electron chi connectivity index (χ3n) is 1.42. The molecule has 5 heteroatoms. The number of nitrogens with zero attached hydrogens (tertiary/aromatic N) is 1. The molecule has 1 aromatic rings. The Morgan fingerprint density at radius 2 is 2.21 bits per heavy atom. The second kappa shape index (κ2) is 5.59. The van der Waals surface area contributed by atoms with E-state index < -0.39 is 5.38 Å². The standard InChI is InChI=1S/C9H6Br2ClNO/c10-6-1-2-9(8(11)3-6)14-5-7(12)4-13/h1-3,7H,5H2. The van der Waals surface area contributed by atoms with Gasteiger partial charge in [0.05, 0.1) is 10.5 Å². The Labute approximate surface area is 104 Å². The van der Waals surface area contributed by atoms with Crippen LogP contribution in [-0.2, 0) is 0 Å². The number of halogens is 3. The highest BCUT2D eigenvalue weighted by atomic mass is 79.9. The molecule has 0 amide bonds. The van der Waals surface area contributed by atoms with Gasteiger partial charge in [-0.3, -0.25) is 0 Å². The molecule has 0 aliphatic heterocycles. The van der Waals surface area contributed by atoms with Crippen LogP contribution in [0, 0.1) is 11.3 Å². The average Bonchev–Trinajstić information content (AvgIpc) is 2.16. The first-order valence-electron chi connectivity index (χ1n) is 3.75. The maximum atomic E-state index is 8.45. The first-order valence-corrected chi connectivity index (χ1v) is 5.77. The van der Waals surface area contributed by atoms with E-state index in [0.29, 0.717) is 5.75 Å². The smallest absolute Gasteiger partial charge is 0.154 e. The van der Waals surface area contributed by atoms with E-state index in [1.54, 1.807) is 6.07 Å². The zero-order chi connectivity index (χ0) is 10.6. The van der Waals surface area contributed by atoms with Crippen LogP contribution in [0.4, 0.5) is 0 Å². The normalized spacial score (nSPS) is 11.9. The van der Waals surface area contributed by atoms with Gasteiger partial charge in [0.2, 0.25) is 0 Å². The zero-order valence-corrected chi connectivity index (χ0v) is 10.9. The summed E-state index contributed by atoms with van der Waals surface area (Å²) in [5, 5.41) is 7.83. The van der Waals surface area contributed by atoms with Crippen molar-refractivity contribution >= 4 is 43.5 Å². The van der Waals surface area contributed by atoms with Gasteiger partial charge in [-0.2, -0.15) is 5.26 Å². The van der Waals surface area contributed by atoms with E-state index in [9.17, 15) is 0 Å². The van der Waals surface area contributed by atoms with Crippen molar-refractivity contribution in [2.24, 2.45) is 0 Å². The van der Waals surface area contributed by atoms with E-state index in [4.69, 9.17) is 21.6 Å². The van der Waals surface area contributed by atoms with E-state index in [1.165, 1.54) is 0 Å². The number of benzene rings is 1. The van der Waals surface area contributed by atoms with Crippen LogP contribution in [-0.4, -0.2) is 12.0 Å². The molecule has 0 spiro atoms. The lowest BCUT2D eigenvalue weighted by Crippen LogP contribution is -2.09. The summed E-state index contributed by atoms with van der Waals surface area (Å²) < 4.78 is 7.11. The van der Waals surface area contributed by atoms with E-state index in [1.807, 2.05) is 18.2 Å². The van der Waals surface area contributed by atoms with Crippen molar-refractivity contribution in [3.8, 4) is 11.8 Å². The number of nitriles is 1. The fraction of sp³-hybridized carbons (Fsp3) is 0.222. The number of ether oxygens (including phenoxy) is 1. The van der Waals surface area contributed by atoms with Gasteiger partial charge in [-0.1, -0.05) is 15.9 Å². The van der Waals surface area contributed by atoms with Crippen molar-refractivity contribution < 1.29 is 4.74 Å². The van der Waals surface area contributed by atoms with Crippen molar-refractivity contribution in [2.45, 2.75) is 5.38 Å². The molecule has 0 radical (unpaired) electrons. The molecule has 0 N–H and O–H groups in total. The van der Waals surface area contributed by atoms with Crippen LogP contribution in [0.3, 0.4) is 0 Å². The molecule has 0 saturated heterocycles. The topological polar surface area (TPSA) is 33.0 Å². The van der Waals surface area contributed by atoms with Gasteiger partial charge in [0.25, 0.3) is 0 Å². The lowest BCUT2D eigenvalue weighted by Gasteiger charge is -2.08. The minimum absolute atomic E-state index is 0.179. The molecule has 0 fully saturated rings. The van der Waals surface area contributed by atoms with Crippen LogP contribution in [0.25, 0.3) is 0 Å². The molecule has 14 heavy (non-hydrogen) atoms. The molecule has 1 atom stereocenters. The summed E-state index contributed by atoms with van der Waals surface area (Å²) >= 11 is 12.3. The highest BCUT2D eigenvalue weighted by molar-refractivity contribution is 9.11. The summed E-state index contributed by atoms with van der Waals surface area (Å²) in [6.07, 6.45) is 0. The van der Waals surface area contributed by atoms with Gasteiger partial charge >= 0.3 is 0 Å². The van der Waals surface area contributed by atoms with Crippen molar-refractivity contribution in [2.75, 3.05) is 6.61 Å². The summed E-state index contributed by atoms with van der Waals surface area (Å²) in [6, 6.07) is 7.41. The Kier molecular flexibility index (Phi) is 4.73. The predicted molar refractivity (Wildman–Crippen MR) is 62.6 cm³/mol. The minimum atomic E-state index is -0.620. The van der Waals surface area contributed by atoms with Crippen LogP contribution in [0.2, 0.25) is 0 Å². The Balaban J connectivity index is 2.64. The molecule has 0 bridgehead atoms. The Morgan fingerprint density at radius 1 is 1.50 bits per heavy atom.